The van der Waals surface area contributed by atoms with Gasteiger partial charge < -0.3 is 10.2 Å². The van der Waals surface area contributed by atoms with Gasteiger partial charge in [0, 0.05) is 0 Å². The molecule has 0 saturated heterocycles. The molecule has 0 spiro atoms. The van der Waals surface area contributed by atoms with Gasteiger partial charge in [0.25, 0.3) is 0 Å². The molecule has 0 amide bonds. The topological polar surface area (TPSA) is 57.5 Å². The van der Waals surface area contributed by atoms with E-state index in [1.165, 1.54) is 6.42 Å². The minimum absolute atomic E-state index is 0.513. The van der Waals surface area contributed by atoms with Gasteiger partial charge in [0.1, 0.15) is 0 Å². The van der Waals surface area contributed by atoms with Gasteiger partial charge in [-0.3, -0.25) is 4.79 Å². The van der Waals surface area contributed by atoms with Gasteiger partial charge in [-0.15, -0.1) is 0 Å². The Morgan fingerprint density at radius 1 is 1.43 bits per heavy atom. The lowest BCUT2D eigenvalue weighted by Crippen LogP contribution is -2.34. The number of aliphatic carboxylic acids is 1. The minimum Gasteiger partial charge on any atom is -0.481 e. The first-order chi connectivity index (χ1) is 6.65. The molecular weight excluding hydrogens is 180 g/mol. The number of carboxylic acids is 1. The zero-order chi connectivity index (χ0) is 10.6. The molecule has 14 heavy (non-hydrogen) atoms. The van der Waals surface area contributed by atoms with Crippen LogP contribution < -0.4 is 0 Å². The minimum atomic E-state index is -0.835. The fraction of sp³-hybridized carbons (Fsp3) is 0.909. The first-order valence-electron chi connectivity index (χ1n) is 5.56. The van der Waals surface area contributed by atoms with Crippen molar-refractivity contribution in [3.63, 3.8) is 0 Å². The van der Waals surface area contributed by atoms with Gasteiger partial charge in [0.05, 0.1) is 12.0 Å². The summed E-state index contributed by atoms with van der Waals surface area (Å²) in [6, 6.07) is 0. The third-order valence-electron chi connectivity index (χ3n) is 3.21. The number of aliphatic hydroxyl groups excluding tert-OH is 1. The van der Waals surface area contributed by atoms with Crippen LogP contribution in [-0.2, 0) is 4.79 Å². The summed E-state index contributed by atoms with van der Waals surface area (Å²) in [4.78, 5) is 10.8. The van der Waals surface area contributed by atoms with Gasteiger partial charge in [-0.25, -0.2) is 0 Å². The van der Waals surface area contributed by atoms with E-state index in [2.05, 4.69) is 6.92 Å². The van der Waals surface area contributed by atoms with Crippen molar-refractivity contribution in [1.82, 2.24) is 0 Å². The van der Waals surface area contributed by atoms with Crippen LogP contribution in [0.15, 0.2) is 0 Å². The Morgan fingerprint density at radius 3 is 2.71 bits per heavy atom. The summed E-state index contributed by atoms with van der Waals surface area (Å²) in [7, 11) is 0. The summed E-state index contributed by atoms with van der Waals surface area (Å²) < 4.78 is 0. The van der Waals surface area contributed by atoms with Crippen molar-refractivity contribution in [3.05, 3.63) is 0 Å². The smallest absolute Gasteiger partial charge is 0.309 e. The first-order valence-corrected chi connectivity index (χ1v) is 5.56. The highest BCUT2D eigenvalue weighted by Crippen LogP contribution is 2.32. The van der Waals surface area contributed by atoms with Crippen molar-refractivity contribution >= 4 is 5.97 Å². The van der Waals surface area contributed by atoms with Gasteiger partial charge >= 0.3 is 5.97 Å². The average Bonchev–Trinajstić information content (AvgIpc) is 2.16. The molecule has 0 aliphatic heterocycles. The molecule has 3 atom stereocenters. The lowest BCUT2D eigenvalue weighted by atomic mass is 9.77. The predicted molar refractivity (Wildman–Crippen MR) is 54.0 cm³/mol. The average molecular weight is 200 g/mol. The van der Waals surface area contributed by atoms with Crippen molar-refractivity contribution in [3.8, 4) is 0 Å². The van der Waals surface area contributed by atoms with Crippen molar-refractivity contribution in [2.24, 2.45) is 11.8 Å². The summed E-state index contributed by atoms with van der Waals surface area (Å²) in [5.74, 6) is -0.844. The van der Waals surface area contributed by atoms with E-state index in [0.29, 0.717) is 18.8 Å². The number of carboxylic acid groups (broad SMARTS) is 1. The normalized spacial score (nSPS) is 32.9. The molecule has 1 saturated carbocycles. The number of rotatable bonds is 4. The maximum absolute atomic E-state index is 10.8. The van der Waals surface area contributed by atoms with Gasteiger partial charge in [0.15, 0.2) is 0 Å². The molecule has 0 aromatic carbocycles. The Hall–Kier alpha value is -0.570. The molecule has 0 radical (unpaired) electrons. The van der Waals surface area contributed by atoms with E-state index in [1.807, 2.05) is 0 Å². The standard InChI is InChI=1S/C11H20O3/c1-2-3-4-8-5-6-10(12)9(7-8)11(13)14/h8-10,12H,2-7H2,1H3,(H,13,14). The van der Waals surface area contributed by atoms with Crippen LogP contribution >= 0.6 is 0 Å². The zero-order valence-corrected chi connectivity index (χ0v) is 8.78. The molecule has 82 valence electrons. The molecule has 3 nitrogen and oxygen atoms in total. The van der Waals surface area contributed by atoms with Crippen LogP contribution in [0.4, 0.5) is 0 Å². The maximum atomic E-state index is 10.8. The van der Waals surface area contributed by atoms with E-state index >= 15 is 0 Å². The van der Waals surface area contributed by atoms with Gasteiger partial charge in [0.2, 0.25) is 0 Å². The Morgan fingerprint density at radius 2 is 2.14 bits per heavy atom. The highest BCUT2D eigenvalue weighted by atomic mass is 16.4. The second-order valence-electron chi connectivity index (χ2n) is 4.33. The lowest BCUT2D eigenvalue weighted by molar-refractivity contribution is -0.148. The molecule has 3 unspecified atom stereocenters. The number of hydrogen-bond donors (Lipinski definition) is 2. The van der Waals surface area contributed by atoms with Gasteiger partial charge in [-0.2, -0.15) is 0 Å². The van der Waals surface area contributed by atoms with Crippen LogP contribution in [0.2, 0.25) is 0 Å². The number of unbranched alkanes of at least 4 members (excludes halogenated alkanes) is 1. The van der Waals surface area contributed by atoms with Crippen LogP contribution in [0, 0.1) is 11.8 Å². The monoisotopic (exact) mass is 200 g/mol. The second-order valence-corrected chi connectivity index (χ2v) is 4.33. The van der Waals surface area contributed by atoms with Gasteiger partial charge in [-0.05, 0) is 25.2 Å². The van der Waals surface area contributed by atoms with E-state index < -0.39 is 18.0 Å². The van der Waals surface area contributed by atoms with E-state index in [1.54, 1.807) is 0 Å². The van der Waals surface area contributed by atoms with Crippen molar-refractivity contribution in [1.29, 1.82) is 0 Å². The Labute approximate surface area is 85.1 Å². The summed E-state index contributed by atoms with van der Waals surface area (Å²) in [5.41, 5.74) is 0. The van der Waals surface area contributed by atoms with Crippen LogP contribution in [-0.4, -0.2) is 22.3 Å². The molecule has 0 heterocycles. The molecular formula is C11H20O3. The van der Waals surface area contributed by atoms with E-state index in [4.69, 9.17) is 5.11 Å². The molecule has 0 bridgehead atoms. The molecule has 0 aromatic rings. The van der Waals surface area contributed by atoms with Crippen LogP contribution in [0.25, 0.3) is 0 Å². The molecule has 1 fully saturated rings. The molecule has 2 N–H and O–H groups in total. The SMILES string of the molecule is CCCCC1CCC(O)C(C(=O)O)C1. The predicted octanol–water partition coefficient (Wildman–Crippen LogP) is 2.04. The van der Waals surface area contributed by atoms with Crippen molar-refractivity contribution in [2.75, 3.05) is 0 Å². The Kier molecular flexibility index (Phi) is 4.39. The van der Waals surface area contributed by atoms with E-state index in [9.17, 15) is 9.90 Å². The molecule has 1 aliphatic rings. The largest absolute Gasteiger partial charge is 0.481 e. The summed E-state index contributed by atoms with van der Waals surface area (Å²) >= 11 is 0. The zero-order valence-electron chi connectivity index (χ0n) is 8.78. The van der Waals surface area contributed by atoms with Gasteiger partial charge in [-0.1, -0.05) is 26.2 Å². The fourth-order valence-corrected chi connectivity index (χ4v) is 2.26. The fourth-order valence-electron chi connectivity index (χ4n) is 2.26. The highest BCUT2D eigenvalue weighted by molar-refractivity contribution is 5.70. The summed E-state index contributed by atoms with van der Waals surface area (Å²) in [5, 5.41) is 18.4. The van der Waals surface area contributed by atoms with Crippen molar-refractivity contribution < 1.29 is 15.0 Å². The third kappa shape index (κ3) is 2.98. The van der Waals surface area contributed by atoms with E-state index in [-0.39, 0.29) is 0 Å². The lowest BCUT2D eigenvalue weighted by Gasteiger charge is -2.30. The summed E-state index contributed by atoms with van der Waals surface area (Å²) in [6.07, 6.45) is 5.15. The number of hydrogen-bond acceptors (Lipinski definition) is 2. The van der Waals surface area contributed by atoms with Crippen LogP contribution in [0.1, 0.15) is 45.4 Å². The first kappa shape index (κ1) is 11.5. The maximum Gasteiger partial charge on any atom is 0.309 e. The Balaban J connectivity index is 2.41. The van der Waals surface area contributed by atoms with Crippen molar-refractivity contribution in [2.45, 2.75) is 51.6 Å². The quantitative estimate of drug-likeness (QED) is 0.730. The number of carbonyl (C=O) groups is 1. The number of aliphatic hydroxyl groups is 1. The molecule has 1 aliphatic carbocycles. The molecule has 1 rings (SSSR count). The Bertz CT molecular complexity index is 189. The molecule has 0 aromatic heterocycles. The summed E-state index contributed by atoms with van der Waals surface area (Å²) in [6.45, 7) is 2.15. The molecule has 3 heteroatoms. The highest BCUT2D eigenvalue weighted by Gasteiger charge is 2.33. The van der Waals surface area contributed by atoms with Crippen LogP contribution in [0.5, 0.6) is 0 Å². The van der Waals surface area contributed by atoms with E-state index in [0.717, 1.165) is 19.3 Å². The third-order valence-corrected chi connectivity index (χ3v) is 3.21. The second kappa shape index (κ2) is 5.35. The van der Waals surface area contributed by atoms with Crippen LogP contribution in [0.3, 0.4) is 0 Å².